The molecule has 1 N–H and O–H groups in total. The monoisotopic (exact) mass is 504 g/mol. The van der Waals surface area contributed by atoms with E-state index in [9.17, 15) is 9.18 Å². The van der Waals surface area contributed by atoms with E-state index in [-0.39, 0.29) is 31.4 Å². The number of hydrogen-bond acceptors (Lipinski definition) is 6. The molecular weight excluding hydrogens is 482 g/mol. The fraction of sp³-hybridized carbons (Fsp3) is 0.208. The number of anilines is 2. The molecule has 0 amide bonds. The average Bonchev–Trinajstić information content (AvgIpc) is 3.04. The third-order valence-electron chi connectivity index (χ3n) is 5.20. The van der Waals surface area contributed by atoms with E-state index in [0.717, 1.165) is 16.5 Å². The number of esters is 1. The molecule has 0 radical (unpaired) electrons. The number of halogens is 3. The number of carbonyl (C=O) groups excluding carboxylic acids is 1. The zero-order valence-electron chi connectivity index (χ0n) is 18.8. The van der Waals surface area contributed by atoms with Gasteiger partial charge in [-0.25, -0.2) is 9.18 Å². The van der Waals surface area contributed by atoms with Crippen molar-refractivity contribution in [3.63, 3.8) is 0 Å². The van der Waals surface area contributed by atoms with Gasteiger partial charge in [-0.2, -0.15) is 5.10 Å². The maximum atomic E-state index is 13.4. The molecule has 4 aromatic rings. The Morgan fingerprint density at radius 1 is 1.24 bits per heavy atom. The van der Waals surface area contributed by atoms with Crippen molar-refractivity contribution in [3.8, 4) is 5.75 Å². The second-order valence-electron chi connectivity index (χ2n) is 7.40. The smallest absolute Gasteiger partial charge is 0.355 e. The third-order valence-corrected chi connectivity index (χ3v) is 5.50. The number of aryl methyl sites for hydroxylation is 2. The number of benzene rings is 2. The van der Waals surface area contributed by atoms with Gasteiger partial charge in [-0.3, -0.25) is 0 Å². The van der Waals surface area contributed by atoms with Gasteiger partial charge in [-0.05, 0) is 55.3 Å². The summed E-state index contributed by atoms with van der Waals surface area (Å²) in [5.41, 5.74) is 3.30. The number of nitrogens with zero attached hydrogens (tertiary/aromatic N) is 3. The van der Waals surface area contributed by atoms with Crippen molar-refractivity contribution in [2.75, 3.05) is 11.9 Å². The van der Waals surface area contributed by atoms with Gasteiger partial charge in [-0.15, -0.1) is 17.5 Å². The zero-order valence-corrected chi connectivity index (χ0v) is 20.3. The third kappa shape index (κ3) is 5.08. The van der Waals surface area contributed by atoms with Crippen LogP contribution in [-0.2, 0) is 18.4 Å². The summed E-state index contributed by atoms with van der Waals surface area (Å²) < 4.78 is 26.0. The molecule has 0 unspecified atom stereocenters. The van der Waals surface area contributed by atoms with Crippen molar-refractivity contribution in [1.82, 2.24) is 14.8 Å². The highest BCUT2D eigenvalue weighted by Crippen LogP contribution is 2.33. The second kappa shape index (κ2) is 10.7. The van der Waals surface area contributed by atoms with E-state index >= 15 is 0 Å². The number of nitrogens with one attached hydrogen (secondary N) is 1. The van der Waals surface area contributed by atoms with Gasteiger partial charge >= 0.3 is 5.97 Å². The number of ether oxygens (including phenoxy) is 2. The SMILES string of the molecule is CCOC(=O)c1c(C)c2c(Nc3ccc(OCc4cccc(F)c4)c(Cl)c3)nncc2n1C.Cl. The molecule has 0 aliphatic rings. The van der Waals surface area contributed by atoms with Crippen molar-refractivity contribution in [2.24, 2.45) is 7.05 Å². The first-order chi connectivity index (χ1) is 15.9. The molecule has 0 bridgehead atoms. The van der Waals surface area contributed by atoms with Crippen LogP contribution in [0.3, 0.4) is 0 Å². The highest BCUT2D eigenvalue weighted by molar-refractivity contribution is 6.32. The summed E-state index contributed by atoms with van der Waals surface area (Å²) in [6, 6.07) is 11.4. The maximum absolute atomic E-state index is 13.4. The number of fused-ring (bicyclic) bond motifs is 1. The summed E-state index contributed by atoms with van der Waals surface area (Å²) >= 11 is 6.41. The molecule has 2 aromatic heterocycles. The van der Waals surface area contributed by atoms with Crippen LogP contribution in [-0.4, -0.2) is 27.3 Å². The Morgan fingerprint density at radius 2 is 2.03 bits per heavy atom. The van der Waals surface area contributed by atoms with Crippen LogP contribution in [0.25, 0.3) is 10.9 Å². The first-order valence-corrected chi connectivity index (χ1v) is 10.7. The highest BCUT2D eigenvalue weighted by atomic mass is 35.5. The minimum Gasteiger partial charge on any atom is -0.487 e. The quantitative estimate of drug-likeness (QED) is 0.311. The number of carbonyl (C=O) groups is 1. The van der Waals surface area contributed by atoms with Crippen molar-refractivity contribution in [2.45, 2.75) is 20.5 Å². The Morgan fingerprint density at radius 3 is 2.74 bits per heavy atom. The molecule has 0 aliphatic heterocycles. The summed E-state index contributed by atoms with van der Waals surface area (Å²) in [6.45, 7) is 4.08. The topological polar surface area (TPSA) is 78.3 Å². The Bertz CT molecular complexity index is 1340. The Labute approximate surface area is 207 Å². The van der Waals surface area contributed by atoms with Gasteiger partial charge in [0.25, 0.3) is 0 Å². The first kappa shape index (κ1) is 25.3. The highest BCUT2D eigenvalue weighted by Gasteiger charge is 2.22. The molecule has 0 spiro atoms. The summed E-state index contributed by atoms with van der Waals surface area (Å²) in [5.74, 6) is 0.235. The zero-order chi connectivity index (χ0) is 23.5. The molecule has 34 heavy (non-hydrogen) atoms. The second-order valence-corrected chi connectivity index (χ2v) is 7.80. The number of hydrogen-bond donors (Lipinski definition) is 1. The average molecular weight is 505 g/mol. The van der Waals surface area contributed by atoms with Gasteiger partial charge in [-0.1, -0.05) is 23.7 Å². The lowest BCUT2D eigenvalue weighted by molar-refractivity contribution is 0.0515. The lowest BCUT2D eigenvalue weighted by Crippen LogP contribution is -2.11. The van der Waals surface area contributed by atoms with E-state index in [1.807, 2.05) is 6.92 Å². The minimum atomic E-state index is -0.400. The van der Waals surface area contributed by atoms with E-state index in [1.165, 1.54) is 12.1 Å². The molecule has 4 rings (SSSR count). The predicted molar refractivity (Wildman–Crippen MR) is 132 cm³/mol. The van der Waals surface area contributed by atoms with Gasteiger partial charge in [0.15, 0.2) is 5.82 Å². The molecule has 2 aromatic carbocycles. The molecule has 7 nitrogen and oxygen atoms in total. The van der Waals surface area contributed by atoms with Crippen LogP contribution in [0.1, 0.15) is 28.5 Å². The summed E-state index contributed by atoms with van der Waals surface area (Å²) in [4.78, 5) is 12.4. The van der Waals surface area contributed by atoms with Gasteiger partial charge in [0.2, 0.25) is 0 Å². The Hall–Kier alpha value is -3.36. The fourth-order valence-electron chi connectivity index (χ4n) is 3.69. The minimum absolute atomic E-state index is 0. The van der Waals surface area contributed by atoms with Crippen LogP contribution in [0.4, 0.5) is 15.9 Å². The van der Waals surface area contributed by atoms with Crippen molar-refractivity contribution < 1.29 is 18.7 Å². The lowest BCUT2D eigenvalue weighted by Gasteiger charge is -2.11. The van der Waals surface area contributed by atoms with E-state index in [1.54, 1.807) is 55.1 Å². The summed E-state index contributed by atoms with van der Waals surface area (Å²) in [6.07, 6.45) is 1.60. The Balaban J connectivity index is 0.00000324. The van der Waals surface area contributed by atoms with Crippen LogP contribution >= 0.6 is 24.0 Å². The van der Waals surface area contributed by atoms with Crippen LogP contribution in [0.15, 0.2) is 48.7 Å². The predicted octanol–water partition coefficient (Wildman–Crippen LogP) is 5.99. The number of aromatic nitrogens is 3. The normalized spacial score (nSPS) is 10.6. The molecule has 10 heteroatoms. The van der Waals surface area contributed by atoms with Crippen molar-refractivity contribution in [3.05, 3.63) is 76.3 Å². The first-order valence-electron chi connectivity index (χ1n) is 10.3. The van der Waals surface area contributed by atoms with Crippen LogP contribution in [0, 0.1) is 12.7 Å². The molecule has 0 saturated heterocycles. The molecule has 0 atom stereocenters. The van der Waals surface area contributed by atoms with Crippen molar-refractivity contribution in [1.29, 1.82) is 0 Å². The molecule has 0 saturated carbocycles. The fourth-order valence-corrected chi connectivity index (χ4v) is 3.92. The molecular formula is C24H23Cl2FN4O3. The summed E-state index contributed by atoms with van der Waals surface area (Å²) in [5, 5.41) is 12.7. The van der Waals surface area contributed by atoms with E-state index in [2.05, 4.69) is 15.5 Å². The van der Waals surface area contributed by atoms with E-state index in [4.69, 9.17) is 21.1 Å². The van der Waals surface area contributed by atoms with Crippen molar-refractivity contribution >= 4 is 52.4 Å². The van der Waals surface area contributed by atoms with Gasteiger partial charge in [0.1, 0.15) is 23.9 Å². The standard InChI is InChI=1S/C24H22ClFN4O3.ClH/c1-4-32-24(31)22-14(2)21-19(30(22)3)12-27-29-23(21)28-17-8-9-20(18(25)11-17)33-13-15-6-5-7-16(26)10-15;/h5-12H,4,13H2,1-3H3,(H,28,29);1H. The largest absolute Gasteiger partial charge is 0.487 e. The molecule has 0 aliphatic carbocycles. The Kier molecular flexibility index (Phi) is 7.96. The molecule has 0 fully saturated rings. The number of rotatable bonds is 7. The lowest BCUT2D eigenvalue weighted by atomic mass is 10.2. The van der Waals surface area contributed by atoms with Crippen LogP contribution < -0.4 is 10.1 Å². The van der Waals surface area contributed by atoms with Gasteiger partial charge in [0.05, 0.1) is 23.3 Å². The maximum Gasteiger partial charge on any atom is 0.355 e. The van der Waals surface area contributed by atoms with E-state index in [0.29, 0.717) is 33.5 Å². The van der Waals surface area contributed by atoms with Gasteiger partial charge < -0.3 is 19.4 Å². The van der Waals surface area contributed by atoms with E-state index < -0.39 is 5.97 Å². The van der Waals surface area contributed by atoms with Crippen LogP contribution in [0.5, 0.6) is 5.75 Å². The molecule has 178 valence electrons. The summed E-state index contributed by atoms with van der Waals surface area (Å²) in [7, 11) is 1.79. The molecule has 2 heterocycles. The van der Waals surface area contributed by atoms with Gasteiger partial charge in [0, 0.05) is 18.1 Å². The van der Waals surface area contributed by atoms with Crippen LogP contribution in [0.2, 0.25) is 5.02 Å².